The highest BCUT2D eigenvalue weighted by molar-refractivity contribution is 7.85. The Bertz CT molecular complexity index is 2160. The molecule has 0 amide bonds. The molecule has 0 radical (unpaired) electrons. The zero-order valence-corrected chi connectivity index (χ0v) is 22.7. The molecule has 2 heteroatoms. The van der Waals surface area contributed by atoms with Gasteiger partial charge in [-0.25, -0.2) is 0 Å². The normalized spacial score (nSPS) is 13.3. The van der Waals surface area contributed by atoms with Crippen molar-refractivity contribution in [2.24, 2.45) is 0 Å². The second kappa shape index (κ2) is 8.91. The van der Waals surface area contributed by atoms with Gasteiger partial charge >= 0.3 is 0 Å². The van der Waals surface area contributed by atoms with Crippen molar-refractivity contribution in [1.29, 1.82) is 0 Å². The molecule has 0 heterocycles. The minimum Gasteiger partial charge on any atom is -0.309 e. The third-order valence-corrected chi connectivity index (χ3v) is 11.4. The van der Waals surface area contributed by atoms with Gasteiger partial charge in [-0.3, -0.25) is 0 Å². The van der Waals surface area contributed by atoms with Crippen molar-refractivity contribution in [1.82, 2.24) is 0 Å². The first-order valence-electron chi connectivity index (χ1n) is 13.6. The lowest BCUT2D eigenvalue weighted by molar-refractivity contribution is 0.592. The molecule has 188 valence electrons. The number of hydrogen-bond donors (Lipinski definition) is 0. The highest BCUT2D eigenvalue weighted by Gasteiger charge is 2.31. The molecule has 0 aliphatic heterocycles. The van der Waals surface area contributed by atoms with Crippen LogP contribution < -0.4 is 15.9 Å². The first kappa shape index (κ1) is 23.2. The van der Waals surface area contributed by atoms with Gasteiger partial charge < -0.3 is 4.57 Å². The van der Waals surface area contributed by atoms with Gasteiger partial charge in [0.2, 0.25) is 0 Å². The second-order valence-electron chi connectivity index (χ2n) is 10.5. The van der Waals surface area contributed by atoms with Crippen molar-refractivity contribution in [3.8, 4) is 11.1 Å². The summed E-state index contributed by atoms with van der Waals surface area (Å²) in [6, 6.07) is 52.6. The summed E-state index contributed by atoms with van der Waals surface area (Å²) >= 11 is 0. The number of hydrogen-bond acceptors (Lipinski definition) is 1. The fraction of sp³-hybridized carbons (Fsp3) is 0. The van der Waals surface area contributed by atoms with Crippen LogP contribution in [0.25, 0.3) is 54.2 Å². The molecular weight excluding hydrogens is 503 g/mol. The van der Waals surface area contributed by atoms with E-state index in [1.807, 2.05) is 54.6 Å². The maximum Gasteiger partial charge on any atom is 0.171 e. The van der Waals surface area contributed by atoms with Gasteiger partial charge in [-0.05, 0) is 66.3 Å². The van der Waals surface area contributed by atoms with Crippen LogP contribution in [0.1, 0.15) is 0 Å². The molecule has 0 saturated heterocycles. The molecule has 1 nitrogen and oxygen atoms in total. The minimum atomic E-state index is -3.12. The molecule has 8 aromatic carbocycles. The quantitative estimate of drug-likeness (QED) is 0.165. The molecule has 1 atom stereocenters. The molecule has 0 aliphatic rings. The molecule has 0 aromatic heterocycles. The third-order valence-electron chi connectivity index (χ3n) is 8.25. The average molecular weight is 529 g/mol. The molecule has 0 saturated carbocycles. The van der Waals surface area contributed by atoms with E-state index in [1.165, 1.54) is 32.3 Å². The van der Waals surface area contributed by atoms with E-state index >= 15 is 4.57 Å². The van der Waals surface area contributed by atoms with Crippen molar-refractivity contribution < 1.29 is 4.57 Å². The van der Waals surface area contributed by atoms with Gasteiger partial charge in [-0.15, -0.1) is 0 Å². The molecule has 1 unspecified atom stereocenters. The largest absolute Gasteiger partial charge is 0.309 e. The fourth-order valence-electron chi connectivity index (χ4n) is 6.33. The van der Waals surface area contributed by atoms with Gasteiger partial charge in [-0.2, -0.15) is 0 Å². The first-order valence-corrected chi connectivity index (χ1v) is 15.3. The SMILES string of the molecule is O=P(c1ccccc1)(c1ccc(-c2cc3ccc4cccc5ccc(c2)c3c45)cc1)c1cccc2ccccc12. The second-order valence-corrected chi connectivity index (χ2v) is 13.2. The predicted octanol–water partition coefficient (Wildman–Crippen LogP) is 9.04. The summed E-state index contributed by atoms with van der Waals surface area (Å²) in [5.74, 6) is 0. The fourth-order valence-corrected chi connectivity index (χ4v) is 9.19. The summed E-state index contributed by atoms with van der Waals surface area (Å²) in [6.07, 6.45) is 0. The van der Waals surface area contributed by atoms with Crippen molar-refractivity contribution in [3.63, 3.8) is 0 Å². The van der Waals surface area contributed by atoms with Crippen LogP contribution in [0.15, 0.2) is 152 Å². The Morgan fingerprint density at radius 3 is 1.62 bits per heavy atom. The van der Waals surface area contributed by atoms with Crippen molar-refractivity contribution in [3.05, 3.63) is 152 Å². The Balaban J connectivity index is 1.29. The Labute approximate surface area is 233 Å². The monoisotopic (exact) mass is 528 g/mol. The van der Waals surface area contributed by atoms with Crippen LogP contribution in [0, 0.1) is 0 Å². The van der Waals surface area contributed by atoms with Crippen LogP contribution in [-0.4, -0.2) is 0 Å². The Morgan fingerprint density at radius 1 is 0.375 bits per heavy atom. The van der Waals surface area contributed by atoms with E-state index in [-0.39, 0.29) is 0 Å². The highest BCUT2D eigenvalue weighted by Crippen LogP contribution is 2.45. The summed E-state index contributed by atoms with van der Waals surface area (Å²) in [4.78, 5) is 0. The third kappa shape index (κ3) is 3.45. The highest BCUT2D eigenvalue weighted by atomic mass is 31.2. The molecule has 40 heavy (non-hydrogen) atoms. The summed E-state index contributed by atoms with van der Waals surface area (Å²) in [7, 11) is -3.12. The van der Waals surface area contributed by atoms with Gasteiger partial charge in [0.25, 0.3) is 0 Å². The van der Waals surface area contributed by atoms with Gasteiger partial charge in [0.15, 0.2) is 7.14 Å². The smallest absolute Gasteiger partial charge is 0.171 e. The molecule has 8 aromatic rings. The van der Waals surface area contributed by atoms with E-state index < -0.39 is 7.14 Å². The van der Waals surface area contributed by atoms with Gasteiger partial charge in [0.05, 0.1) is 0 Å². The Kier molecular flexibility index (Phi) is 5.17. The van der Waals surface area contributed by atoms with E-state index in [0.717, 1.165) is 37.8 Å². The number of rotatable bonds is 4. The van der Waals surface area contributed by atoms with Crippen molar-refractivity contribution in [2.75, 3.05) is 0 Å². The first-order chi connectivity index (χ1) is 19.7. The lowest BCUT2D eigenvalue weighted by Crippen LogP contribution is -2.25. The topological polar surface area (TPSA) is 17.1 Å². The lowest BCUT2D eigenvalue weighted by atomic mass is 9.91. The Morgan fingerprint density at radius 2 is 0.900 bits per heavy atom. The molecular formula is C38H25OP. The Hall–Kier alpha value is -4.71. The molecule has 8 rings (SSSR count). The summed E-state index contributed by atoms with van der Waals surface area (Å²) < 4.78 is 15.3. The van der Waals surface area contributed by atoms with E-state index in [4.69, 9.17) is 0 Å². The van der Waals surface area contributed by atoms with Crippen LogP contribution >= 0.6 is 7.14 Å². The average Bonchev–Trinajstić information content (AvgIpc) is 3.03. The van der Waals surface area contributed by atoms with Crippen molar-refractivity contribution in [2.45, 2.75) is 0 Å². The minimum absolute atomic E-state index is 0.844. The van der Waals surface area contributed by atoms with E-state index in [9.17, 15) is 0 Å². The standard InChI is InChI=1S/C38H25OP/c39-40(33-12-2-1-3-13-33,36-15-7-9-27-8-4-5-14-35(27)36)34-22-20-26(21-23-34)32-24-30-18-16-28-10-6-11-29-17-19-31(25-32)38(30)37(28)29/h1-25H. The van der Waals surface area contributed by atoms with Crippen molar-refractivity contribution >= 4 is 66.1 Å². The van der Waals surface area contributed by atoms with Crippen LogP contribution in [0.5, 0.6) is 0 Å². The summed E-state index contributed by atoms with van der Waals surface area (Å²) in [5, 5.41) is 12.4. The zero-order valence-electron chi connectivity index (χ0n) is 21.8. The van der Waals surface area contributed by atoms with Gasteiger partial charge in [0, 0.05) is 15.9 Å². The molecule has 0 aliphatic carbocycles. The summed E-state index contributed by atoms with van der Waals surface area (Å²) in [5.41, 5.74) is 2.28. The maximum atomic E-state index is 15.3. The molecule has 0 bridgehead atoms. The predicted molar refractivity (Wildman–Crippen MR) is 172 cm³/mol. The van der Waals surface area contributed by atoms with Crippen LogP contribution in [-0.2, 0) is 4.57 Å². The maximum absolute atomic E-state index is 15.3. The number of fused-ring (bicyclic) bond motifs is 1. The van der Waals surface area contributed by atoms with E-state index in [0.29, 0.717) is 0 Å². The zero-order chi connectivity index (χ0) is 26.7. The molecule has 0 spiro atoms. The van der Waals surface area contributed by atoms with E-state index in [1.54, 1.807) is 0 Å². The van der Waals surface area contributed by atoms with E-state index in [2.05, 4.69) is 97.1 Å². The summed E-state index contributed by atoms with van der Waals surface area (Å²) in [6.45, 7) is 0. The molecule has 0 fully saturated rings. The van der Waals surface area contributed by atoms with Crippen LogP contribution in [0.4, 0.5) is 0 Å². The molecule has 0 N–H and O–H groups in total. The van der Waals surface area contributed by atoms with Crippen LogP contribution in [0.3, 0.4) is 0 Å². The van der Waals surface area contributed by atoms with Crippen LogP contribution in [0.2, 0.25) is 0 Å². The van der Waals surface area contributed by atoms with Gasteiger partial charge in [0.1, 0.15) is 0 Å². The number of benzene rings is 8. The van der Waals surface area contributed by atoms with Gasteiger partial charge in [-0.1, -0.05) is 140 Å². The lowest BCUT2D eigenvalue weighted by Gasteiger charge is -2.22.